The van der Waals surface area contributed by atoms with E-state index in [-0.39, 0.29) is 0 Å². The third kappa shape index (κ3) is 3.73. The van der Waals surface area contributed by atoms with E-state index in [2.05, 4.69) is 37.0 Å². The van der Waals surface area contributed by atoms with Gasteiger partial charge in [0, 0.05) is 37.6 Å². The number of nitrogens with one attached hydrogen (secondary N) is 1. The molecule has 1 aliphatic rings. The lowest BCUT2D eigenvalue weighted by Gasteiger charge is -2.36. The van der Waals surface area contributed by atoms with E-state index in [0.717, 1.165) is 37.3 Å². The molecule has 1 N–H and O–H groups in total. The molecule has 7 nitrogen and oxygen atoms in total. The van der Waals surface area contributed by atoms with E-state index < -0.39 is 11.7 Å². The second kappa shape index (κ2) is 7.36. The van der Waals surface area contributed by atoms with Crippen molar-refractivity contribution in [1.29, 1.82) is 0 Å². The molecular weight excluding hydrogens is 407 g/mol. The minimum atomic E-state index is -4.43. The number of halogens is 3. The van der Waals surface area contributed by atoms with Crippen molar-refractivity contribution in [3.8, 4) is 11.4 Å². The number of rotatable bonds is 3. The van der Waals surface area contributed by atoms with Gasteiger partial charge in [0.15, 0.2) is 0 Å². The number of aromatic amines is 1. The lowest BCUT2D eigenvalue weighted by atomic mass is 9.87. The highest BCUT2D eigenvalue weighted by Gasteiger charge is 2.31. The number of alkyl halides is 3. The number of H-pyrrole nitrogens is 1. The predicted octanol–water partition coefficient (Wildman–Crippen LogP) is 4.16. The van der Waals surface area contributed by atoms with Crippen LogP contribution in [-0.4, -0.2) is 42.6 Å². The van der Waals surface area contributed by atoms with Gasteiger partial charge in [0.05, 0.1) is 29.3 Å². The molecule has 1 fully saturated rings. The predicted molar refractivity (Wildman–Crippen MR) is 109 cm³/mol. The van der Waals surface area contributed by atoms with Crippen molar-refractivity contribution in [2.24, 2.45) is 5.92 Å². The molecule has 5 heterocycles. The van der Waals surface area contributed by atoms with Crippen molar-refractivity contribution >= 4 is 11.6 Å². The summed E-state index contributed by atoms with van der Waals surface area (Å²) >= 11 is 0. The Balaban J connectivity index is 1.49. The molecule has 0 bridgehead atoms. The Morgan fingerprint density at radius 3 is 2.74 bits per heavy atom. The number of nitrogens with zero attached hydrogens (tertiary/aromatic N) is 6. The smallest absolute Gasteiger partial charge is 0.340 e. The number of anilines is 1. The average molecular weight is 427 g/mol. The van der Waals surface area contributed by atoms with E-state index in [1.54, 1.807) is 12.3 Å². The maximum absolute atomic E-state index is 13.2. The van der Waals surface area contributed by atoms with Crippen LogP contribution in [0.25, 0.3) is 17.0 Å². The quantitative estimate of drug-likeness (QED) is 0.531. The van der Waals surface area contributed by atoms with E-state index in [4.69, 9.17) is 0 Å². The molecule has 0 aromatic carbocycles. The number of piperidine rings is 1. The van der Waals surface area contributed by atoms with Crippen LogP contribution < -0.4 is 4.90 Å². The van der Waals surface area contributed by atoms with Crippen molar-refractivity contribution in [3.63, 3.8) is 0 Å². The summed E-state index contributed by atoms with van der Waals surface area (Å²) in [6.45, 7) is 3.74. The van der Waals surface area contributed by atoms with Crippen molar-refractivity contribution in [3.05, 3.63) is 60.3 Å². The van der Waals surface area contributed by atoms with Crippen molar-refractivity contribution in [2.75, 3.05) is 18.0 Å². The lowest BCUT2D eigenvalue weighted by molar-refractivity contribution is -0.137. The van der Waals surface area contributed by atoms with Crippen LogP contribution in [-0.2, 0) is 6.18 Å². The van der Waals surface area contributed by atoms with Gasteiger partial charge in [-0.05, 0) is 36.1 Å². The Morgan fingerprint density at radius 1 is 1.10 bits per heavy atom. The summed E-state index contributed by atoms with van der Waals surface area (Å²) in [5.41, 5.74) is 1.85. The summed E-state index contributed by atoms with van der Waals surface area (Å²) in [7, 11) is 0. The molecule has 0 unspecified atom stereocenters. The monoisotopic (exact) mass is 427 g/mol. The van der Waals surface area contributed by atoms with Gasteiger partial charge in [-0.3, -0.25) is 9.50 Å². The number of hydrogen-bond donors (Lipinski definition) is 1. The first kappa shape index (κ1) is 19.5. The number of hydrogen-bond acceptors (Lipinski definition) is 5. The molecule has 4 aromatic rings. The van der Waals surface area contributed by atoms with Crippen LogP contribution in [0.1, 0.15) is 30.4 Å². The van der Waals surface area contributed by atoms with E-state index in [0.29, 0.717) is 34.8 Å². The van der Waals surface area contributed by atoms with Gasteiger partial charge in [-0.25, -0.2) is 15.0 Å². The van der Waals surface area contributed by atoms with Gasteiger partial charge in [-0.2, -0.15) is 18.3 Å². The molecule has 5 rings (SSSR count). The van der Waals surface area contributed by atoms with Crippen LogP contribution in [0.2, 0.25) is 0 Å². The third-order valence-electron chi connectivity index (χ3n) is 5.67. The van der Waals surface area contributed by atoms with Crippen LogP contribution in [0, 0.1) is 5.92 Å². The standard InChI is InChI=1S/C21H20F3N7/c1-13-6-14(15-7-27-28-8-15)11-30(10-13)20-25-5-4-17(29-20)18-9-26-19-3-2-16(12-31(18)19)21(22,23)24/h2-5,7-9,12-14H,6,10-11H2,1H3,(H,27,28)/t13-,14+/m0/s1. The summed E-state index contributed by atoms with van der Waals surface area (Å²) in [4.78, 5) is 15.5. The minimum Gasteiger partial charge on any atom is -0.340 e. The fourth-order valence-corrected chi connectivity index (χ4v) is 4.22. The van der Waals surface area contributed by atoms with Crippen LogP contribution in [0.3, 0.4) is 0 Å². The molecule has 0 amide bonds. The van der Waals surface area contributed by atoms with Gasteiger partial charge in [-0.15, -0.1) is 0 Å². The van der Waals surface area contributed by atoms with Crippen LogP contribution in [0.15, 0.2) is 49.2 Å². The summed E-state index contributed by atoms with van der Waals surface area (Å²) in [6.07, 6.45) is 4.59. The highest BCUT2D eigenvalue weighted by atomic mass is 19.4. The molecule has 0 aliphatic carbocycles. The molecule has 4 aromatic heterocycles. The van der Waals surface area contributed by atoms with E-state index >= 15 is 0 Å². The zero-order chi connectivity index (χ0) is 21.6. The van der Waals surface area contributed by atoms with E-state index in [1.807, 2.05) is 12.4 Å². The topological polar surface area (TPSA) is 75.0 Å². The SMILES string of the molecule is C[C@H]1C[C@@H](c2cn[nH]c2)CN(c2nccc(-c3cnc4ccc(C(F)(F)F)cn34)n2)C1. The molecule has 10 heteroatoms. The maximum Gasteiger partial charge on any atom is 0.417 e. The largest absolute Gasteiger partial charge is 0.417 e. The van der Waals surface area contributed by atoms with E-state index in [1.165, 1.54) is 16.7 Å². The Hall–Kier alpha value is -3.43. The van der Waals surface area contributed by atoms with E-state index in [9.17, 15) is 13.2 Å². The zero-order valence-electron chi connectivity index (χ0n) is 16.7. The Kier molecular flexibility index (Phi) is 4.64. The van der Waals surface area contributed by atoms with Gasteiger partial charge < -0.3 is 4.90 Å². The molecule has 0 radical (unpaired) electrons. The minimum absolute atomic E-state index is 0.305. The van der Waals surface area contributed by atoms with Gasteiger partial charge in [0.25, 0.3) is 0 Å². The number of aromatic nitrogens is 6. The van der Waals surface area contributed by atoms with Crippen LogP contribution >= 0.6 is 0 Å². The van der Waals surface area contributed by atoms with Gasteiger partial charge >= 0.3 is 6.18 Å². The molecule has 1 aliphatic heterocycles. The molecule has 1 saturated heterocycles. The van der Waals surface area contributed by atoms with Gasteiger partial charge in [-0.1, -0.05) is 6.92 Å². The number of imidazole rings is 1. The third-order valence-corrected chi connectivity index (χ3v) is 5.67. The molecule has 160 valence electrons. The number of pyridine rings is 1. The zero-order valence-corrected chi connectivity index (χ0v) is 16.7. The van der Waals surface area contributed by atoms with Gasteiger partial charge in [0.1, 0.15) is 5.65 Å². The van der Waals surface area contributed by atoms with Gasteiger partial charge in [0.2, 0.25) is 5.95 Å². The summed E-state index contributed by atoms with van der Waals surface area (Å²) in [5, 5.41) is 6.92. The highest BCUT2D eigenvalue weighted by molar-refractivity contribution is 5.61. The Morgan fingerprint density at radius 2 is 1.97 bits per heavy atom. The van der Waals surface area contributed by atoms with Crippen molar-refractivity contribution < 1.29 is 13.2 Å². The molecule has 31 heavy (non-hydrogen) atoms. The molecular formula is C21H20F3N7. The molecule has 2 atom stereocenters. The maximum atomic E-state index is 13.2. The Bertz CT molecular complexity index is 1200. The summed E-state index contributed by atoms with van der Waals surface area (Å²) in [6, 6.07) is 4.08. The van der Waals surface area contributed by atoms with Crippen molar-refractivity contribution in [1.82, 2.24) is 29.5 Å². The highest BCUT2D eigenvalue weighted by Crippen LogP contribution is 2.33. The van der Waals surface area contributed by atoms with Crippen molar-refractivity contribution in [2.45, 2.75) is 25.4 Å². The first-order valence-corrected chi connectivity index (χ1v) is 10.00. The summed E-state index contributed by atoms with van der Waals surface area (Å²) in [5.74, 6) is 1.30. The summed E-state index contributed by atoms with van der Waals surface area (Å²) < 4.78 is 41.0. The average Bonchev–Trinajstić information content (AvgIpc) is 3.42. The Labute approximate surface area is 176 Å². The van der Waals surface area contributed by atoms with Crippen LogP contribution in [0.4, 0.5) is 19.1 Å². The first-order chi connectivity index (χ1) is 14.9. The first-order valence-electron chi connectivity index (χ1n) is 10.00. The molecule has 0 spiro atoms. The number of fused-ring (bicyclic) bond motifs is 1. The second-order valence-corrected chi connectivity index (χ2v) is 8.00. The fraction of sp³-hybridized carbons (Fsp3) is 0.333. The second-order valence-electron chi connectivity index (χ2n) is 8.00. The lowest BCUT2D eigenvalue weighted by Crippen LogP contribution is -2.39. The fourth-order valence-electron chi connectivity index (χ4n) is 4.22. The van der Waals surface area contributed by atoms with Crippen LogP contribution in [0.5, 0.6) is 0 Å². The normalized spacial score (nSPS) is 19.8. The molecule has 0 saturated carbocycles.